The number of nitro benzene ring substituents is 1. The highest BCUT2D eigenvalue weighted by atomic mass is 35.5. The van der Waals surface area contributed by atoms with E-state index in [1.807, 2.05) is 0 Å². The van der Waals surface area contributed by atoms with E-state index in [2.05, 4.69) is 12.2 Å². The number of hydrogen-bond acceptors (Lipinski definition) is 3. The average Bonchev–Trinajstić information content (AvgIpc) is 2.19. The highest BCUT2D eigenvalue weighted by Crippen LogP contribution is 2.38. The maximum atomic E-state index is 10.6. The Morgan fingerprint density at radius 3 is 2.29 bits per heavy atom. The molecule has 0 spiro atoms. The van der Waals surface area contributed by atoms with Gasteiger partial charge in [-0.3, -0.25) is 10.1 Å². The van der Waals surface area contributed by atoms with Crippen molar-refractivity contribution in [1.82, 2.24) is 0 Å². The molecule has 0 atom stereocenters. The van der Waals surface area contributed by atoms with E-state index in [1.54, 1.807) is 0 Å². The van der Waals surface area contributed by atoms with Crippen molar-refractivity contribution in [2.24, 2.45) is 5.92 Å². The molecule has 1 aliphatic carbocycles. The summed E-state index contributed by atoms with van der Waals surface area (Å²) in [6.45, 7) is 2.18. The van der Waals surface area contributed by atoms with Gasteiger partial charge in [-0.15, -0.1) is 0 Å². The summed E-state index contributed by atoms with van der Waals surface area (Å²) in [6.07, 6.45) is 2.15. The molecule has 0 heterocycles. The number of hydrogen-bond donors (Lipinski definition) is 1. The molecule has 6 heteroatoms. The number of halogens is 2. The Bertz CT molecular complexity index is 436. The number of nitrogens with one attached hydrogen (secondary N) is 1. The third kappa shape index (κ3) is 2.64. The standard InChI is InChI=1S/C11H12Cl2N2O2/c1-6-2-7(3-6)14-11-9(12)4-8(15(16)17)5-10(11)13/h4-7,14H,2-3H2,1H3. The lowest BCUT2D eigenvalue weighted by molar-refractivity contribution is -0.384. The van der Waals surface area contributed by atoms with Crippen LogP contribution >= 0.6 is 23.2 Å². The smallest absolute Gasteiger partial charge is 0.272 e. The van der Waals surface area contributed by atoms with Gasteiger partial charge in [0, 0.05) is 18.2 Å². The third-order valence-electron chi connectivity index (χ3n) is 2.96. The van der Waals surface area contributed by atoms with E-state index in [0.29, 0.717) is 27.7 Å². The average molecular weight is 275 g/mol. The fourth-order valence-corrected chi connectivity index (χ4v) is 2.61. The lowest BCUT2D eigenvalue weighted by atomic mass is 9.82. The molecule has 1 aromatic carbocycles. The normalized spacial score (nSPS) is 23.0. The van der Waals surface area contributed by atoms with Gasteiger partial charge in [-0.25, -0.2) is 0 Å². The summed E-state index contributed by atoms with van der Waals surface area (Å²) in [7, 11) is 0. The number of benzene rings is 1. The molecule has 0 radical (unpaired) electrons. The Balaban J connectivity index is 2.20. The minimum atomic E-state index is -0.507. The molecular formula is C11H12Cl2N2O2. The summed E-state index contributed by atoms with van der Waals surface area (Å²) in [6, 6.07) is 3.00. The minimum absolute atomic E-state index is 0.0903. The number of rotatable bonds is 3. The first-order valence-corrected chi connectivity index (χ1v) is 6.13. The van der Waals surface area contributed by atoms with Gasteiger partial charge in [0.15, 0.2) is 0 Å². The number of anilines is 1. The Hall–Kier alpha value is -1.00. The largest absolute Gasteiger partial charge is 0.380 e. The van der Waals surface area contributed by atoms with Crippen LogP contribution in [0, 0.1) is 16.0 Å². The molecule has 17 heavy (non-hydrogen) atoms. The predicted molar refractivity (Wildman–Crippen MR) is 68.9 cm³/mol. The van der Waals surface area contributed by atoms with E-state index in [9.17, 15) is 10.1 Å². The molecule has 92 valence electrons. The summed E-state index contributed by atoms with van der Waals surface area (Å²) in [5.41, 5.74) is 0.503. The number of nitro groups is 1. The Kier molecular flexibility index (Phi) is 3.45. The zero-order valence-electron chi connectivity index (χ0n) is 9.24. The summed E-state index contributed by atoms with van der Waals surface area (Å²) in [5, 5.41) is 14.4. The molecule has 4 nitrogen and oxygen atoms in total. The first-order chi connectivity index (χ1) is 7.97. The Morgan fingerprint density at radius 2 is 1.88 bits per heavy atom. The predicted octanol–water partition coefficient (Wildman–Crippen LogP) is 4.11. The van der Waals surface area contributed by atoms with Crippen LogP contribution in [0.5, 0.6) is 0 Å². The van der Waals surface area contributed by atoms with E-state index >= 15 is 0 Å². The number of non-ortho nitro benzene ring substituents is 1. The second-order valence-electron chi connectivity index (χ2n) is 4.46. The van der Waals surface area contributed by atoms with Crippen molar-refractivity contribution in [2.75, 3.05) is 5.32 Å². The highest BCUT2D eigenvalue weighted by molar-refractivity contribution is 6.39. The van der Waals surface area contributed by atoms with Gasteiger partial charge in [-0.1, -0.05) is 30.1 Å². The van der Waals surface area contributed by atoms with Crippen molar-refractivity contribution in [3.05, 3.63) is 32.3 Å². The lowest BCUT2D eigenvalue weighted by Gasteiger charge is -2.34. The zero-order chi connectivity index (χ0) is 12.6. The van der Waals surface area contributed by atoms with Crippen molar-refractivity contribution in [3.63, 3.8) is 0 Å². The van der Waals surface area contributed by atoms with Crippen molar-refractivity contribution in [1.29, 1.82) is 0 Å². The van der Waals surface area contributed by atoms with Crippen LogP contribution < -0.4 is 5.32 Å². The fraction of sp³-hybridized carbons (Fsp3) is 0.455. The van der Waals surface area contributed by atoms with Crippen LogP contribution in [0.25, 0.3) is 0 Å². The molecule has 0 saturated heterocycles. The topological polar surface area (TPSA) is 55.2 Å². The van der Waals surface area contributed by atoms with Crippen molar-refractivity contribution < 1.29 is 4.92 Å². The van der Waals surface area contributed by atoms with E-state index in [-0.39, 0.29) is 5.69 Å². The van der Waals surface area contributed by atoms with Crippen LogP contribution in [-0.2, 0) is 0 Å². The molecule has 0 bridgehead atoms. The molecule has 0 aliphatic heterocycles. The van der Waals surface area contributed by atoms with Gasteiger partial charge in [0.05, 0.1) is 20.7 Å². The molecule has 0 unspecified atom stereocenters. The number of nitrogens with zero attached hydrogens (tertiary/aromatic N) is 1. The van der Waals surface area contributed by atoms with E-state index in [4.69, 9.17) is 23.2 Å². The highest BCUT2D eigenvalue weighted by Gasteiger charge is 2.26. The Morgan fingerprint density at radius 1 is 1.35 bits per heavy atom. The van der Waals surface area contributed by atoms with Crippen molar-refractivity contribution in [2.45, 2.75) is 25.8 Å². The molecular weight excluding hydrogens is 263 g/mol. The van der Waals surface area contributed by atoms with Crippen LogP contribution in [0.15, 0.2) is 12.1 Å². The fourth-order valence-electron chi connectivity index (χ4n) is 2.03. The van der Waals surface area contributed by atoms with Gasteiger partial charge < -0.3 is 5.32 Å². The van der Waals surface area contributed by atoms with Gasteiger partial charge in [0.2, 0.25) is 0 Å². The maximum absolute atomic E-state index is 10.6. The SMILES string of the molecule is CC1CC(Nc2c(Cl)cc([N+](=O)[O-])cc2Cl)C1. The summed E-state index contributed by atoms with van der Waals surface area (Å²) >= 11 is 12.0. The quantitative estimate of drug-likeness (QED) is 0.667. The first kappa shape index (κ1) is 12.5. The monoisotopic (exact) mass is 274 g/mol. The second-order valence-corrected chi connectivity index (χ2v) is 5.27. The lowest BCUT2D eigenvalue weighted by Crippen LogP contribution is -2.33. The van der Waals surface area contributed by atoms with E-state index < -0.39 is 4.92 Å². The summed E-state index contributed by atoms with van der Waals surface area (Å²) in [4.78, 5) is 10.1. The van der Waals surface area contributed by atoms with Gasteiger partial charge in [-0.05, 0) is 18.8 Å². The second kappa shape index (κ2) is 4.70. The molecule has 1 saturated carbocycles. The van der Waals surface area contributed by atoms with Gasteiger partial charge in [0.25, 0.3) is 5.69 Å². The maximum Gasteiger partial charge on any atom is 0.272 e. The van der Waals surface area contributed by atoms with Gasteiger partial charge >= 0.3 is 0 Å². The first-order valence-electron chi connectivity index (χ1n) is 5.37. The van der Waals surface area contributed by atoms with Gasteiger partial charge in [0.1, 0.15) is 0 Å². The molecule has 1 fully saturated rings. The van der Waals surface area contributed by atoms with Crippen LogP contribution in [-0.4, -0.2) is 11.0 Å². The minimum Gasteiger partial charge on any atom is -0.380 e. The molecule has 1 aliphatic rings. The van der Waals surface area contributed by atoms with Gasteiger partial charge in [-0.2, -0.15) is 0 Å². The zero-order valence-corrected chi connectivity index (χ0v) is 10.8. The molecule has 1 aromatic rings. The molecule has 0 aromatic heterocycles. The van der Waals surface area contributed by atoms with Crippen LogP contribution in [0.2, 0.25) is 10.0 Å². The van der Waals surface area contributed by atoms with Crippen molar-refractivity contribution in [3.8, 4) is 0 Å². The van der Waals surface area contributed by atoms with Crippen LogP contribution in [0.4, 0.5) is 11.4 Å². The van der Waals surface area contributed by atoms with Crippen LogP contribution in [0.3, 0.4) is 0 Å². The molecule has 2 rings (SSSR count). The van der Waals surface area contributed by atoms with E-state index in [0.717, 1.165) is 12.8 Å². The summed E-state index contributed by atoms with van der Waals surface area (Å²) < 4.78 is 0. The van der Waals surface area contributed by atoms with E-state index in [1.165, 1.54) is 12.1 Å². The van der Waals surface area contributed by atoms with Crippen LogP contribution in [0.1, 0.15) is 19.8 Å². The summed E-state index contributed by atoms with van der Waals surface area (Å²) in [5.74, 6) is 0.711. The molecule has 0 amide bonds. The Labute approximate surface area is 109 Å². The third-order valence-corrected chi connectivity index (χ3v) is 3.56. The van der Waals surface area contributed by atoms with Crippen molar-refractivity contribution >= 4 is 34.6 Å². The molecule has 1 N–H and O–H groups in total.